The Morgan fingerprint density at radius 2 is 2.11 bits per heavy atom. The lowest BCUT2D eigenvalue weighted by Crippen LogP contribution is -2.29. The average molecular weight is 259 g/mol. The first-order valence-corrected chi connectivity index (χ1v) is 6.27. The maximum Gasteiger partial charge on any atom is 0.265 e. The summed E-state index contributed by atoms with van der Waals surface area (Å²) >= 11 is 0. The van der Waals surface area contributed by atoms with Crippen LogP contribution in [0.3, 0.4) is 0 Å². The van der Waals surface area contributed by atoms with Crippen LogP contribution in [0.15, 0.2) is 30.5 Å². The molecule has 100 valence electrons. The quantitative estimate of drug-likeness (QED) is 0.480. The average Bonchev–Trinajstić information content (AvgIpc) is 2.93. The van der Waals surface area contributed by atoms with E-state index in [2.05, 4.69) is 22.7 Å². The van der Waals surface area contributed by atoms with Crippen molar-refractivity contribution in [3.63, 3.8) is 0 Å². The molecule has 0 radical (unpaired) electrons. The molecule has 6 nitrogen and oxygen atoms in total. The van der Waals surface area contributed by atoms with Crippen molar-refractivity contribution in [1.82, 2.24) is 20.4 Å². The predicted molar refractivity (Wildman–Crippen MR) is 71.6 cm³/mol. The number of amides is 1. The number of aryl methyl sites for hydroxylation is 1. The topological polar surface area (TPSA) is 85.8 Å². The highest BCUT2D eigenvalue weighted by Gasteiger charge is 2.05. The number of nitrogen functional groups attached to an aromatic ring is 1. The lowest BCUT2D eigenvalue weighted by atomic mass is 10.2. The van der Waals surface area contributed by atoms with Crippen molar-refractivity contribution in [3.8, 4) is 5.69 Å². The molecule has 0 saturated heterocycles. The first-order valence-electron chi connectivity index (χ1n) is 6.27. The number of carbonyl (C=O) groups is 1. The molecular formula is C13H17N5O. The molecule has 19 heavy (non-hydrogen) atoms. The van der Waals surface area contributed by atoms with Gasteiger partial charge in [-0.3, -0.25) is 10.2 Å². The highest BCUT2D eigenvalue weighted by Crippen LogP contribution is 2.10. The molecule has 0 bridgehead atoms. The molecule has 0 fully saturated rings. The molecule has 2 aromatic rings. The molecule has 3 N–H and O–H groups in total. The second-order valence-electron chi connectivity index (χ2n) is 4.28. The number of nitrogens with two attached hydrogens (primary N) is 1. The van der Waals surface area contributed by atoms with Crippen LogP contribution >= 0.6 is 0 Å². The molecule has 0 saturated carbocycles. The number of hydrogen-bond donors (Lipinski definition) is 2. The maximum absolute atomic E-state index is 11.3. The Kier molecular flexibility index (Phi) is 4.25. The third-order valence-electron chi connectivity index (χ3n) is 2.85. The van der Waals surface area contributed by atoms with E-state index in [4.69, 9.17) is 5.84 Å². The minimum absolute atomic E-state index is 0.311. The van der Waals surface area contributed by atoms with Gasteiger partial charge < -0.3 is 0 Å². The van der Waals surface area contributed by atoms with Crippen molar-refractivity contribution in [2.75, 3.05) is 0 Å². The van der Waals surface area contributed by atoms with E-state index in [1.54, 1.807) is 16.8 Å². The zero-order valence-electron chi connectivity index (χ0n) is 10.8. The Hall–Kier alpha value is -2.21. The van der Waals surface area contributed by atoms with E-state index < -0.39 is 0 Å². The van der Waals surface area contributed by atoms with Crippen molar-refractivity contribution in [1.29, 1.82) is 0 Å². The summed E-state index contributed by atoms with van der Waals surface area (Å²) in [5.41, 5.74) is 4.45. The van der Waals surface area contributed by atoms with Crippen LogP contribution in [0.25, 0.3) is 5.69 Å². The molecule has 0 unspecified atom stereocenters. The largest absolute Gasteiger partial charge is 0.290 e. The molecular weight excluding hydrogens is 242 g/mol. The van der Waals surface area contributed by atoms with E-state index in [0.717, 1.165) is 30.6 Å². The molecule has 6 heteroatoms. The lowest BCUT2D eigenvalue weighted by Gasteiger charge is -2.02. The normalized spacial score (nSPS) is 10.4. The fourth-order valence-electron chi connectivity index (χ4n) is 1.75. The first kappa shape index (κ1) is 13.2. The van der Waals surface area contributed by atoms with Gasteiger partial charge in [-0.15, -0.1) is 5.10 Å². The zero-order valence-corrected chi connectivity index (χ0v) is 10.8. The molecule has 1 aromatic heterocycles. The fourth-order valence-corrected chi connectivity index (χ4v) is 1.75. The van der Waals surface area contributed by atoms with Gasteiger partial charge in [-0.2, -0.15) is 0 Å². The van der Waals surface area contributed by atoms with Gasteiger partial charge in [0.2, 0.25) is 0 Å². The van der Waals surface area contributed by atoms with Gasteiger partial charge in [0.05, 0.1) is 17.6 Å². The maximum atomic E-state index is 11.3. The van der Waals surface area contributed by atoms with Crippen molar-refractivity contribution in [2.24, 2.45) is 5.84 Å². The molecule has 1 aromatic carbocycles. The smallest absolute Gasteiger partial charge is 0.265 e. The number of aromatic nitrogens is 3. The van der Waals surface area contributed by atoms with Gasteiger partial charge in [0, 0.05) is 5.56 Å². The van der Waals surface area contributed by atoms with E-state index in [-0.39, 0.29) is 5.91 Å². The van der Waals surface area contributed by atoms with Gasteiger partial charge >= 0.3 is 0 Å². The monoisotopic (exact) mass is 259 g/mol. The van der Waals surface area contributed by atoms with E-state index >= 15 is 0 Å². The fraction of sp³-hybridized carbons (Fsp3) is 0.308. The van der Waals surface area contributed by atoms with Crippen molar-refractivity contribution < 1.29 is 4.79 Å². The second-order valence-corrected chi connectivity index (χ2v) is 4.28. The van der Waals surface area contributed by atoms with Gasteiger partial charge in [0.15, 0.2) is 0 Å². The predicted octanol–water partition coefficient (Wildman–Crippen LogP) is 1.21. The summed E-state index contributed by atoms with van der Waals surface area (Å²) in [5, 5.41) is 8.19. The molecule has 0 aliphatic heterocycles. The third kappa shape index (κ3) is 3.17. The van der Waals surface area contributed by atoms with Crippen LogP contribution in [0.2, 0.25) is 0 Å². The number of unbranched alkanes of at least 4 members (excludes halogenated alkanes) is 1. The second kappa shape index (κ2) is 6.10. The van der Waals surface area contributed by atoms with Crippen molar-refractivity contribution in [2.45, 2.75) is 26.2 Å². The Morgan fingerprint density at radius 1 is 1.37 bits per heavy atom. The minimum Gasteiger partial charge on any atom is -0.290 e. The number of benzene rings is 1. The van der Waals surface area contributed by atoms with Gasteiger partial charge in [0.25, 0.3) is 5.91 Å². The van der Waals surface area contributed by atoms with E-state index in [0.29, 0.717) is 5.56 Å². The van der Waals surface area contributed by atoms with Crippen LogP contribution in [-0.4, -0.2) is 20.9 Å². The zero-order chi connectivity index (χ0) is 13.7. The minimum atomic E-state index is -0.311. The van der Waals surface area contributed by atoms with Crippen molar-refractivity contribution in [3.05, 3.63) is 41.7 Å². The van der Waals surface area contributed by atoms with Gasteiger partial charge in [-0.05, 0) is 37.1 Å². The van der Waals surface area contributed by atoms with Crippen LogP contribution in [0.1, 0.15) is 35.8 Å². The first-order chi connectivity index (χ1) is 9.24. The summed E-state index contributed by atoms with van der Waals surface area (Å²) in [4.78, 5) is 11.3. The summed E-state index contributed by atoms with van der Waals surface area (Å²) < 4.78 is 1.70. The summed E-state index contributed by atoms with van der Waals surface area (Å²) in [6.45, 7) is 2.14. The highest BCUT2D eigenvalue weighted by molar-refractivity contribution is 5.93. The highest BCUT2D eigenvalue weighted by atomic mass is 16.2. The molecule has 2 rings (SSSR count). The molecule has 0 aliphatic carbocycles. The van der Waals surface area contributed by atoms with Crippen molar-refractivity contribution >= 4 is 5.91 Å². The third-order valence-corrected chi connectivity index (χ3v) is 2.85. The lowest BCUT2D eigenvalue weighted by molar-refractivity contribution is 0.0953. The Bertz CT molecular complexity index is 546. The molecule has 0 atom stereocenters. The summed E-state index contributed by atoms with van der Waals surface area (Å²) in [7, 11) is 0. The summed E-state index contributed by atoms with van der Waals surface area (Å²) in [5.74, 6) is 4.76. The standard InChI is InChI=1S/C13H17N5O/c1-2-3-4-11-9-18(17-16-11)12-7-5-10(6-8-12)13(19)15-14/h5-9H,2-4,14H2,1H3,(H,15,19). The van der Waals surface area contributed by atoms with E-state index in [9.17, 15) is 4.79 Å². The van der Waals surface area contributed by atoms with E-state index in [1.165, 1.54) is 0 Å². The molecule has 0 spiro atoms. The number of carbonyl (C=O) groups excluding carboxylic acids is 1. The van der Waals surface area contributed by atoms with Crippen LogP contribution in [0.4, 0.5) is 0 Å². The Labute approximate surface area is 111 Å². The van der Waals surface area contributed by atoms with E-state index in [1.807, 2.05) is 18.3 Å². The summed E-state index contributed by atoms with van der Waals surface area (Å²) in [6, 6.07) is 7.02. The Morgan fingerprint density at radius 3 is 2.74 bits per heavy atom. The van der Waals surface area contributed by atoms with Gasteiger partial charge in [0.1, 0.15) is 0 Å². The Balaban J connectivity index is 2.13. The number of hydrazine groups is 1. The molecule has 1 amide bonds. The number of rotatable bonds is 5. The number of hydrogen-bond acceptors (Lipinski definition) is 4. The van der Waals surface area contributed by atoms with Gasteiger partial charge in [-0.1, -0.05) is 18.6 Å². The van der Waals surface area contributed by atoms with Crippen LogP contribution in [0, 0.1) is 0 Å². The SMILES string of the molecule is CCCCc1cn(-c2ccc(C(=O)NN)cc2)nn1. The van der Waals surface area contributed by atoms with Crippen LogP contribution < -0.4 is 11.3 Å². The molecule has 1 heterocycles. The number of nitrogens with one attached hydrogen (secondary N) is 1. The molecule has 0 aliphatic rings. The van der Waals surface area contributed by atoms with Crippen LogP contribution in [-0.2, 0) is 6.42 Å². The number of nitrogens with zero attached hydrogens (tertiary/aromatic N) is 3. The van der Waals surface area contributed by atoms with Crippen LogP contribution in [0.5, 0.6) is 0 Å². The van der Waals surface area contributed by atoms with Gasteiger partial charge in [-0.25, -0.2) is 10.5 Å². The summed E-state index contributed by atoms with van der Waals surface area (Å²) in [6.07, 6.45) is 5.09.